The van der Waals surface area contributed by atoms with Crippen molar-refractivity contribution in [3.8, 4) is 0 Å². The summed E-state index contributed by atoms with van der Waals surface area (Å²) in [5.74, 6) is 2.68. The smallest absolute Gasteiger partial charge is 0.315 e. The molecule has 0 spiro atoms. The molecule has 1 aromatic rings. The molecule has 1 rings (SSSR count). The highest BCUT2D eigenvalue weighted by Crippen LogP contribution is 2.40. The summed E-state index contributed by atoms with van der Waals surface area (Å²) < 4.78 is 0. The first kappa shape index (κ1) is 14.3. The molecule has 0 aliphatic rings. The second kappa shape index (κ2) is 5.75. The lowest BCUT2D eigenvalue weighted by Crippen LogP contribution is -2.39. The first-order valence-electron chi connectivity index (χ1n) is 4.03. The third kappa shape index (κ3) is 3.14. The highest BCUT2D eigenvalue weighted by Gasteiger charge is 2.19. The summed E-state index contributed by atoms with van der Waals surface area (Å²) in [4.78, 5) is 22.2. The Morgan fingerprint density at radius 1 is 1.00 bits per heavy atom. The zero-order valence-corrected chi connectivity index (χ0v) is 11.0. The van der Waals surface area contributed by atoms with Crippen LogP contribution in [0.2, 0.25) is 20.1 Å². The molecular formula is C8H5Cl4N3O2. The maximum Gasteiger partial charge on any atom is 0.323 e. The van der Waals surface area contributed by atoms with E-state index in [1.54, 1.807) is 5.43 Å². The van der Waals surface area contributed by atoms with Crippen LogP contribution in [0.15, 0.2) is 6.07 Å². The maximum absolute atomic E-state index is 11.3. The number of nitrogens with two attached hydrogens (primary N) is 1. The highest BCUT2D eigenvalue weighted by molar-refractivity contribution is 6.51. The number of rotatable bonds is 1. The zero-order chi connectivity index (χ0) is 13.2. The summed E-state index contributed by atoms with van der Waals surface area (Å²) >= 11 is 23.1. The molecule has 0 saturated carbocycles. The number of halogens is 4. The third-order valence-electron chi connectivity index (χ3n) is 1.69. The van der Waals surface area contributed by atoms with Gasteiger partial charge in [-0.3, -0.25) is 15.0 Å². The summed E-state index contributed by atoms with van der Waals surface area (Å²) in [5.41, 5.74) is 1.59. The molecule has 0 saturated heterocycles. The van der Waals surface area contributed by atoms with Crippen molar-refractivity contribution in [2.24, 2.45) is 5.84 Å². The molecule has 2 amide bonds. The second-order valence-corrected chi connectivity index (χ2v) is 4.34. The molecule has 17 heavy (non-hydrogen) atoms. The van der Waals surface area contributed by atoms with E-state index in [9.17, 15) is 9.59 Å². The van der Waals surface area contributed by atoms with Crippen LogP contribution in [0.1, 0.15) is 0 Å². The monoisotopic (exact) mass is 315 g/mol. The van der Waals surface area contributed by atoms with Crippen LogP contribution in [-0.2, 0) is 9.59 Å². The third-order valence-corrected chi connectivity index (χ3v) is 3.26. The van der Waals surface area contributed by atoms with E-state index < -0.39 is 11.8 Å². The summed E-state index contributed by atoms with van der Waals surface area (Å²) in [6.07, 6.45) is 0. The van der Waals surface area contributed by atoms with Gasteiger partial charge in [-0.2, -0.15) is 0 Å². The normalized spacial score (nSPS) is 9.94. The van der Waals surface area contributed by atoms with Gasteiger partial charge in [0.25, 0.3) is 0 Å². The number of hydrogen-bond acceptors (Lipinski definition) is 3. The second-order valence-electron chi connectivity index (χ2n) is 2.77. The van der Waals surface area contributed by atoms with Crippen LogP contribution < -0.4 is 16.6 Å². The lowest BCUT2D eigenvalue weighted by molar-refractivity contribution is -0.136. The summed E-state index contributed by atoms with van der Waals surface area (Å²) in [6.45, 7) is 0. The highest BCUT2D eigenvalue weighted by atomic mass is 35.5. The summed E-state index contributed by atoms with van der Waals surface area (Å²) in [5, 5.41) is 2.27. The molecule has 0 aliphatic carbocycles. The molecule has 0 atom stereocenters. The van der Waals surface area contributed by atoms with Crippen LogP contribution >= 0.6 is 46.4 Å². The molecular weight excluding hydrogens is 312 g/mol. The maximum atomic E-state index is 11.3. The fraction of sp³-hybridized carbons (Fsp3) is 0. The van der Waals surface area contributed by atoms with Gasteiger partial charge < -0.3 is 5.32 Å². The van der Waals surface area contributed by atoms with E-state index in [1.807, 2.05) is 0 Å². The molecule has 0 heterocycles. The van der Waals surface area contributed by atoms with Gasteiger partial charge >= 0.3 is 11.8 Å². The van der Waals surface area contributed by atoms with E-state index in [1.165, 1.54) is 6.07 Å². The molecule has 0 fully saturated rings. The standard InChI is InChI=1S/C8H5Cl4N3O2/c9-2-1-3(10)5(12)6(4(2)11)14-7(16)8(17)15-13/h1H,13H2,(H,14,16)(H,15,17). The minimum atomic E-state index is -1.06. The fourth-order valence-corrected chi connectivity index (χ4v) is 1.82. The number of amides is 2. The number of hydrazine groups is 1. The van der Waals surface area contributed by atoms with Gasteiger partial charge in [-0.05, 0) is 6.07 Å². The van der Waals surface area contributed by atoms with Crippen molar-refractivity contribution in [1.29, 1.82) is 0 Å². The molecule has 0 aromatic heterocycles. The lowest BCUT2D eigenvalue weighted by Gasteiger charge is -2.10. The first-order chi connectivity index (χ1) is 7.88. The predicted octanol–water partition coefficient (Wildman–Crippen LogP) is 2.23. The van der Waals surface area contributed by atoms with Crippen molar-refractivity contribution < 1.29 is 9.59 Å². The minimum Gasteiger partial charge on any atom is -0.315 e. The number of benzene rings is 1. The summed E-state index contributed by atoms with van der Waals surface area (Å²) in [7, 11) is 0. The van der Waals surface area contributed by atoms with Crippen molar-refractivity contribution >= 4 is 63.9 Å². The fourth-order valence-electron chi connectivity index (χ4n) is 0.919. The SMILES string of the molecule is NNC(=O)C(=O)Nc1c(Cl)c(Cl)cc(Cl)c1Cl. The minimum absolute atomic E-state index is 0.0285. The average molecular weight is 317 g/mol. The van der Waals surface area contributed by atoms with Gasteiger partial charge in [0, 0.05) is 0 Å². The van der Waals surface area contributed by atoms with Gasteiger partial charge in [0.1, 0.15) is 0 Å². The van der Waals surface area contributed by atoms with Crippen LogP contribution in [0.3, 0.4) is 0 Å². The van der Waals surface area contributed by atoms with Crippen LogP contribution in [-0.4, -0.2) is 11.8 Å². The Morgan fingerprint density at radius 3 is 1.88 bits per heavy atom. The number of carbonyl (C=O) groups excluding carboxylic acids is 2. The van der Waals surface area contributed by atoms with Gasteiger partial charge in [0.2, 0.25) is 0 Å². The van der Waals surface area contributed by atoms with Gasteiger partial charge in [-0.15, -0.1) is 0 Å². The molecule has 0 unspecified atom stereocenters. The van der Waals surface area contributed by atoms with E-state index in [0.717, 1.165) is 0 Å². The van der Waals surface area contributed by atoms with E-state index in [0.29, 0.717) is 0 Å². The van der Waals surface area contributed by atoms with Gasteiger partial charge in [-0.25, -0.2) is 5.84 Å². The summed E-state index contributed by atoms with van der Waals surface area (Å²) in [6, 6.07) is 1.31. The average Bonchev–Trinajstić information content (AvgIpc) is 2.30. The Bertz CT molecular complexity index is 466. The van der Waals surface area contributed by atoms with Crippen molar-refractivity contribution in [2.45, 2.75) is 0 Å². The topological polar surface area (TPSA) is 84.2 Å². The molecule has 0 radical (unpaired) electrons. The largest absolute Gasteiger partial charge is 0.323 e. The van der Waals surface area contributed by atoms with Crippen LogP contribution in [0.5, 0.6) is 0 Å². The molecule has 4 N–H and O–H groups in total. The van der Waals surface area contributed by atoms with E-state index in [2.05, 4.69) is 5.32 Å². The number of nitrogens with one attached hydrogen (secondary N) is 2. The Hall–Kier alpha value is -0.720. The van der Waals surface area contributed by atoms with Crippen molar-refractivity contribution in [3.63, 3.8) is 0 Å². The lowest BCUT2D eigenvalue weighted by atomic mass is 10.3. The number of anilines is 1. The molecule has 5 nitrogen and oxygen atoms in total. The Kier molecular flexibility index (Phi) is 4.85. The van der Waals surface area contributed by atoms with Crippen LogP contribution in [0.25, 0.3) is 0 Å². The Balaban J connectivity index is 3.15. The molecule has 0 aliphatic heterocycles. The molecule has 1 aromatic carbocycles. The van der Waals surface area contributed by atoms with Crippen LogP contribution in [0, 0.1) is 0 Å². The number of carbonyl (C=O) groups is 2. The first-order valence-corrected chi connectivity index (χ1v) is 5.54. The van der Waals surface area contributed by atoms with Crippen LogP contribution in [0.4, 0.5) is 5.69 Å². The van der Waals surface area contributed by atoms with Gasteiger partial charge in [0.15, 0.2) is 0 Å². The van der Waals surface area contributed by atoms with E-state index in [4.69, 9.17) is 52.2 Å². The molecule has 9 heteroatoms. The predicted molar refractivity (Wildman–Crippen MR) is 67.4 cm³/mol. The van der Waals surface area contributed by atoms with Crippen molar-refractivity contribution in [2.75, 3.05) is 5.32 Å². The molecule has 0 bridgehead atoms. The van der Waals surface area contributed by atoms with Gasteiger partial charge in [0.05, 0.1) is 25.8 Å². The Morgan fingerprint density at radius 2 is 1.47 bits per heavy atom. The van der Waals surface area contributed by atoms with Gasteiger partial charge in [-0.1, -0.05) is 46.4 Å². The Labute approximate surface area is 116 Å². The molecule has 92 valence electrons. The van der Waals surface area contributed by atoms with E-state index in [-0.39, 0.29) is 25.8 Å². The number of hydrogen-bond donors (Lipinski definition) is 3. The van der Waals surface area contributed by atoms with E-state index >= 15 is 0 Å². The zero-order valence-electron chi connectivity index (χ0n) is 7.98. The quantitative estimate of drug-likeness (QED) is 0.244. The van der Waals surface area contributed by atoms with Crippen molar-refractivity contribution in [1.82, 2.24) is 5.43 Å². The van der Waals surface area contributed by atoms with Crippen molar-refractivity contribution in [3.05, 3.63) is 26.2 Å².